The number of aryl methyl sites for hydroxylation is 1. The van der Waals surface area contributed by atoms with Gasteiger partial charge in [0.1, 0.15) is 11.6 Å². The lowest BCUT2D eigenvalue weighted by molar-refractivity contribution is -0.135. The van der Waals surface area contributed by atoms with Crippen LogP contribution in [0.3, 0.4) is 0 Å². The summed E-state index contributed by atoms with van der Waals surface area (Å²) in [6, 6.07) is 14.7. The predicted molar refractivity (Wildman–Crippen MR) is 125 cm³/mol. The maximum Gasteiger partial charge on any atom is 0.258 e. The van der Waals surface area contributed by atoms with Crippen molar-refractivity contribution in [3.8, 4) is 17.1 Å². The number of carbonyl (C=O) groups excluding carboxylic acids is 1. The topological polar surface area (TPSA) is 76.1 Å². The molecule has 1 amide bonds. The van der Waals surface area contributed by atoms with Crippen molar-refractivity contribution in [2.24, 2.45) is 0 Å². The molecule has 0 saturated heterocycles. The monoisotopic (exact) mass is 468 g/mol. The van der Waals surface area contributed by atoms with Gasteiger partial charge >= 0.3 is 0 Å². The standard InChI is InChI=1S/C24H22Cl2N4O2/c1-15-10-18(6-7-19(15)26)32-11-21(31)30-24-12-23(13-24,14-24)29-20-8-9-27-22(28-20)16-2-4-17(25)5-3-16/h2-10H,11-14H2,1H3,(H,30,31)(H,27,28,29). The summed E-state index contributed by atoms with van der Waals surface area (Å²) >= 11 is 12.0. The molecule has 6 rings (SSSR count). The number of benzene rings is 2. The summed E-state index contributed by atoms with van der Waals surface area (Å²) in [7, 11) is 0. The number of amides is 1. The lowest BCUT2D eigenvalue weighted by atomic mass is 9.44. The van der Waals surface area contributed by atoms with Gasteiger partial charge in [0.15, 0.2) is 12.4 Å². The number of hydrogen-bond acceptors (Lipinski definition) is 5. The van der Waals surface area contributed by atoms with Crippen LogP contribution in [0.4, 0.5) is 5.82 Å². The molecule has 0 spiro atoms. The Morgan fingerprint density at radius 3 is 2.53 bits per heavy atom. The summed E-state index contributed by atoms with van der Waals surface area (Å²) in [5.41, 5.74) is 1.67. The van der Waals surface area contributed by atoms with Crippen molar-refractivity contribution in [1.29, 1.82) is 0 Å². The van der Waals surface area contributed by atoms with Gasteiger partial charge in [-0.25, -0.2) is 9.97 Å². The van der Waals surface area contributed by atoms with Gasteiger partial charge in [-0.2, -0.15) is 0 Å². The number of hydrogen-bond donors (Lipinski definition) is 2. The van der Waals surface area contributed by atoms with E-state index in [4.69, 9.17) is 27.9 Å². The second kappa shape index (κ2) is 7.94. The third kappa shape index (κ3) is 4.12. The van der Waals surface area contributed by atoms with Crippen LogP contribution in [0.5, 0.6) is 5.75 Å². The highest BCUT2D eigenvalue weighted by Gasteiger charge is 2.68. The molecule has 0 unspecified atom stereocenters. The van der Waals surface area contributed by atoms with Crippen molar-refractivity contribution in [3.05, 3.63) is 70.3 Å². The fraction of sp³-hybridized carbons (Fsp3) is 0.292. The number of nitrogens with zero attached hydrogens (tertiary/aromatic N) is 2. The summed E-state index contributed by atoms with van der Waals surface area (Å²) in [5.74, 6) is 1.96. The van der Waals surface area contributed by atoms with Crippen LogP contribution < -0.4 is 15.4 Å². The number of rotatable bonds is 7. The van der Waals surface area contributed by atoms with E-state index in [0.29, 0.717) is 21.6 Å². The SMILES string of the molecule is Cc1cc(OCC(=O)NC23CC(Nc4ccnc(-c5ccc(Cl)cc5)n4)(C2)C3)ccc1Cl. The Morgan fingerprint density at radius 1 is 1.06 bits per heavy atom. The molecule has 32 heavy (non-hydrogen) atoms. The third-order valence-electron chi connectivity index (χ3n) is 6.09. The quantitative estimate of drug-likeness (QED) is 0.507. The van der Waals surface area contributed by atoms with E-state index < -0.39 is 0 Å². The van der Waals surface area contributed by atoms with Crippen LogP contribution in [0.25, 0.3) is 11.4 Å². The van der Waals surface area contributed by atoms with Crippen LogP contribution in [0.15, 0.2) is 54.7 Å². The Balaban J connectivity index is 1.13. The molecule has 6 nitrogen and oxygen atoms in total. The highest BCUT2D eigenvalue weighted by atomic mass is 35.5. The minimum Gasteiger partial charge on any atom is -0.484 e. The number of ether oxygens (including phenoxy) is 1. The van der Waals surface area contributed by atoms with Crippen LogP contribution in [-0.4, -0.2) is 33.6 Å². The molecule has 2 bridgehead atoms. The van der Waals surface area contributed by atoms with Gasteiger partial charge in [-0.15, -0.1) is 0 Å². The van der Waals surface area contributed by atoms with Gasteiger partial charge in [0.25, 0.3) is 5.91 Å². The van der Waals surface area contributed by atoms with Crippen molar-refractivity contribution in [1.82, 2.24) is 15.3 Å². The van der Waals surface area contributed by atoms with E-state index in [1.807, 2.05) is 43.3 Å². The van der Waals surface area contributed by atoms with Crippen LogP contribution in [-0.2, 0) is 4.79 Å². The molecule has 1 aromatic heterocycles. The van der Waals surface area contributed by atoms with Crippen LogP contribution in [0.2, 0.25) is 10.0 Å². The first-order chi connectivity index (χ1) is 15.3. The van der Waals surface area contributed by atoms with Gasteiger partial charge < -0.3 is 15.4 Å². The van der Waals surface area contributed by atoms with Crippen molar-refractivity contribution >= 4 is 34.9 Å². The zero-order valence-corrected chi connectivity index (χ0v) is 19.0. The van der Waals surface area contributed by atoms with Crippen molar-refractivity contribution < 1.29 is 9.53 Å². The highest BCUT2D eigenvalue weighted by Crippen LogP contribution is 2.61. The van der Waals surface area contributed by atoms with Crippen molar-refractivity contribution in [3.63, 3.8) is 0 Å². The highest BCUT2D eigenvalue weighted by molar-refractivity contribution is 6.31. The summed E-state index contributed by atoms with van der Waals surface area (Å²) < 4.78 is 5.61. The molecule has 3 aliphatic rings. The Hall–Kier alpha value is -2.83. The molecule has 3 saturated carbocycles. The molecule has 164 valence electrons. The largest absolute Gasteiger partial charge is 0.484 e. The molecule has 2 N–H and O–H groups in total. The molecule has 2 aromatic carbocycles. The van der Waals surface area contributed by atoms with E-state index in [9.17, 15) is 4.79 Å². The minimum absolute atomic E-state index is 0.0143. The molecule has 0 radical (unpaired) electrons. The molecule has 3 aliphatic carbocycles. The normalized spacial score (nSPS) is 23.0. The summed E-state index contributed by atoms with van der Waals surface area (Å²) in [6.45, 7) is 1.89. The number of nitrogens with one attached hydrogen (secondary N) is 2. The number of aromatic nitrogens is 2. The van der Waals surface area contributed by atoms with Crippen molar-refractivity contribution in [2.75, 3.05) is 11.9 Å². The average molecular weight is 469 g/mol. The van der Waals surface area contributed by atoms with Gasteiger partial charge in [0.2, 0.25) is 0 Å². The summed E-state index contributed by atoms with van der Waals surface area (Å²) in [5, 5.41) is 8.03. The minimum atomic E-state index is -0.143. The second-order valence-electron chi connectivity index (χ2n) is 8.74. The zero-order chi connectivity index (χ0) is 22.3. The van der Waals surface area contributed by atoms with E-state index in [1.54, 1.807) is 18.3 Å². The Bertz CT molecular complexity index is 1160. The van der Waals surface area contributed by atoms with E-state index in [0.717, 1.165) is 36.2 Å². The fourth-order valence-corrected chi connectivity index (χ4v) is 4.92. The Labute approximate surface area is 196 Å². The van der Waals surface area contributed by atoms with E-state index >= 15 is 0 Å². The zero-order valence-electron chi connectivity index (χ0n) is 17.5. The summed E-state index contributed by atoms with van der Waals surface area (Å²) in [4.78, 5) is 21.4. The summed E-state index contributed by atoms with van der Waals surface area (Å²) in [6.07, 6.45) is 4.35. The first-order valence-corrected chi connectivity index (χ1v) is 11.2. The lowest BCUT2D eigenvalue weighted by Gasteiger charge is -2.70. The van der Waals surface area contributed by atoms with Gasteiger partial charge in [-0.1, -0.05) is 23.2 Å². The third-order valence-corrected chi connectivity index (χ3v) is 6.76. The Kier molecular flexibility index (Phi) is 5.22. The number of anilines is 1. The second-order valence-corrected chi connectivity index (χ2v) is 9.58. The van der Waals surface area contributed by atoms with Crippen LogP contribution in [0, 0.1) is 6.92 Å². The molecule has 0 atom stereocenters. The first-order valence-electron chi connectivity index (χ1n) is 10.4. The maximum atomic E-state index is 12.4. The van der Waals surface area contributed by atoms with Crippen LogP contribution in [0.1, 0.15) is 24.8 Å². The van der Waals surface area contributed by atoms with E-state index in [1.165, 1.54) is 0 Å². The van der Waals surface area contributed by atoms with Gasteiger partial charge in [0, 0.05) is 32.9 Å². The Morgan fingerprint density at radius 2 is 1.81 bits per heavy atom. The molecule has 1 heterocycles. The predicted octanol–water partition coefficient (Wildman–Crippen LogP) is 5.04. The molecule has 8 heteroatoms. The molecular weight excluding hydrogens is 447 g/mol. The molecular formula is C24H22Cl2N4O2. The van der Waals surface area contributed by atoms with E-state index in [2.05, 4.69) is 20.6 Å². The van der Waals surface area contributed by atoms with E-state index in [-0.39, 0.29) is 23.6 Å². The molecule has 3 fully saturated rings. The van der Waals surface area contributed by atoms with Crippen molar-refractivity contribution in [2.45, 2.75) is 37.3 Å². The van der Waals surface area contributed by atoms with Gasteiger partial charge in [-0.3, -0.25) is 4.79 Å². The first kappa shape index (κ1) is 21.0. The fourth-order valence-electron chi connectivity index (χ4n) is 4.68. The number of carbonyl (C=O) groups is 1. The van der Waals surface area contributed by atoms with Gasteiger partial charge in [0.05, 0.1) is 0 Å². The van der Waals surface area contributed by atoms with Crippen LogP contribution >= 0.6 is 23.2 Å². The lowest BCUT2D eigenvalue weighted by Crippen LogP contribution is -2.81. The molecule has 3 aromatic rings. The smallest absolute Gasteiger partial charge is 0.258 e. The maximum absolute atomic E-state index is 12.4. The molecule has 0 aliphatic heterocycles. The number of halogens is 2. The average Bonchev–Trinajstić information content (AvgIpc) is 2.73. The van der Waals surface area contributed by atoms with Gasteiger partial charge in [-0.05, 0) is 80.3 Å².